The van der Waals surface area contributed by atoms with Crippen LogP contribution in [0.1, 0.15) is 34.1 Å². The lowest BCUT2D eigenvalue weighted by Gasteiger charge is -2.36. The first-order valence-electron chi connectivity index (χ1n) is 6.58. The summed E-state index contributed by atoms with van der Waals surface area (Å²) < 4.78 is 22.0. The fourth-order valence-electron chi connectivity index (χ4n) is 1.34. The lowest BCUT2D eigenvalue weighted by atomic mass is 10.4. The maximum atomic E-state index is 11.2. The molecule has 5 nitrogen and oxygen atoms in total. The van der Waals surface area contributed by atoms with Crippen molar-refractivity contribution < 1.29 is 22.1 Å². The molecule has 114 valence electrons. The van der Waals surface area contributed by atoms with Crippen molar-refractivity contribution in [3.05, 3.63) is 12.2 Å². The number of ether oxygens (including phenoxy) is 1. The van der Waals surface area contributed by atoms with Gasteiger partial charge in [0.2, 0.25) is 0 Å². The van der Waals surface area contributed by atoms with E-state index in [1.165, 1.54) is 0 Å². The van der Waals surface area contributed by atoms with Gasteiger partial charge in [-0.15, -0.1) is 0 Å². The third-order valence-electron chi connectivity index (χ3n) is 2.01. The lowest BCUT2D eigenvalue weighted by Crippen LogP contribution is -2.18. The highest BCUT2D eigenvalue weighted by Gasteiger charge is 2.25. The van der Waals surface area contributed by atoms with E-state index in [2.05, 4.69) is 6.58 Å². The topological polar surface area (TPSA) is 54.0 Å². The summed E-state index contributed by atoms with van der Waals surface area (Å²) in [4.78, 5) is 11.2. The third-order valence-corrected chi connectivity index (χ3v) is 4.59. The second kappa shape index (κ2) is 10.3. The van der Waals surface area contributed by atoms with E-state index in [1.54, 1.807) is 6.92 Å². The highest BCUT2D eigenvalue weighted by atomic mass is 32.3. The molecule has 0 amide bonds. The molecule has 0 saturated heterocycles. The van der Waals surface area contributed by atoms with Crippen LogP contribution in [0.25, 0.3) is 0 Å². The van der Waals surface area contributed by atoms with E-state index in [0.29, 0.717) is 44.2 Å². The molecule has 0 heterocycles. The minimum absolute atomic E-state index is 0.313. The predicted octanol–water partition coefficient (Wildman–Crippen LogP) is 3.15. The van der Waals surface area contributed by atoms with E-state index in [9.17, 15) is 4.79 Å². The molecule has 0 radical (unpaired) electrons. The molecule has 0 aliphatic carbocycles. The number of rotatable bonds is 11. The second-order valence-corrected chi connectivity index (χ2v) is 5.98. The van der Waals surface area contributed by atoms with Crippen molar-refractivity contribution in [1.82, 2.24) is 0 Å². The fraction of sp³-hybridized carbons (Fsp3) is 0.769. The van der Waals surface area contributed by atoms with Gasteiger partial charge in [0.05, 0.1) is 37.3 Å². The van der Waals surface area contributed by atoms with Crippen LogP contribution in [0, 0.1) is 0 Å². The molecule has 0 saturated carbocycles. The summed E-state index contributed by atoms with van der Waals surface area (Å²) >= 11 is 0. The van der Waals surface area contributed by atoms with Gasteiger partial charge >= 0.3 is 5.97 Å². The Kier molecular flexibility index (Phi) is 9.95. The van der Waals surface area contributed by atoms with Crippen molar-refractivity contribution in [2.75, 3.05) is 32.2 Å². The zero-order chi connectivity index (χ0) is 14.7. The van der Waals surface area contributed by atoms with Gasteiger partial charge in [0.25, 0.3) is 0 Å². The fourth-order valence-corrected chi connectivity index (χ4v) is 3.45. The Balaban J connectivity index is 4.24. The van der Waals surface area contributed by atoms with E-state index in [0.717, 1.165) is 0 Å². The average molecular weight is 294 g/mol. The molecule has 0 bridgehead atoms. The standard InChI is InChI=1S/C13H26O5S/c1-6-16-19(17-7-2,18-8-3)11-9-10-15-13(14)12(4)5/h4,6-11H2,1-3,5H3. The number of carbonyl (C=O) groups is 1. The molecule has 19 heavy (non-hydrogen) atoms. The number of esters is 1. The number of carbonyl (C=O) groups excluding carboxylic acids is 1. The maximum absolute atomic E-state index is 11.2. The van der Waals surface area contributed by atoms with Crippen LogP contribution in [-0.2, 0) is 22.1 Å². The molecule has 0 spiro atoms. The van der Waals surface area contributed by atoms with Gasteiger partial charge in [-0.05, 0) is 34.1 Å². The van der Waals surface area contributed by atoms with E-state index < -0.39 is 10.9 Å². The normalized spacial score (nSPS) is 12.2. The summed E-state index contributed by atoms with van der Waals surface area (Å²) in [6.45, 7) is 12.8. The van der Waals surface area contributed by atoms with Gasteiger partial charge < -0.3 is 4.74 Å². The molecular formula is C13H26O5S. The van der Waals surface area contributed by atoms with Crippen LogP contribution in [0.15, 0.2) is 12.2 Å². The van der Waals surface area contributed by atoms with Crippen LogP contribution in [0.5, 0.6) is 0 Å². The zero-order valence-electron chi connectivity index (χ0n) is 12.4. The Bertz CT molecular complexity index is 263. The van der Waals surface area contributed by atoms with E-state index >= 15 is 0 Å². The largest absolute Gasteiger partial charge is 0.462 e. The Morgan fingerprint density at radius 2 is 1.53 bits per heavy atom. The summed E-state index contributed by atoms with van der Waals surface area (Å²) in [5, 5.41) is 0. The molecule has 0 N–H and O–H groups in total. The first-order chi connectivity index (χ1) is 9.01. The van der Waals surface area contributed by atoms with Gasteiger partial charge in [-0.25, -0.2) is 4.79 Å². The predicted molar refractivity (Wildman–Crippen MR) is 77.7 cm³/mol. The molecule has 0 rings (SSSR count). The molecule has 0 aliphatic rings. The van der Waals surface area contributed by atoms with Crippen molar-refractivity contribution in [3.8, 4) is 0 Å². The first kappa shape index (κ1) is 18.4. The molecular weight excluding hydrogens is 268 g/mol. The molecule has 0 aromatic carbocycles. The number of hydrogen-bond acceptors (Lipinski definition) is 5. The third kappa shape index (κ3) is 7.57. The number of hydrogen-bond donors (Lipinski definition) is 0. The SMILES string of the molecule is C=C(C)C(=O)OCCCS(OCC)(OCC)OCC. The monoisotopic (exact) mass is 294 g/mol. The van der Waals surface area contributed by atoms with Crippen molar-refractivity contribution in [3.63, 3.8) is 0 Å². The molecule has 6 heteroatoms. The Hall–Kier alpha value is -0.560. The highest BCUT2D eigenvalue weighted by Crippen LogP contribution is 2.51. The Morgan fingerprint density at radius 3 is 1.89 bits per heavy atom. The molecule has 0 fully saturated rings. The van der Waals surface area contributed by atoms with Crippen molar-refractivity contribution >= 4 is 16.8 Å². The van der Waals surface area contributed by atoms with Crippen molar-refractivity contribution in [1.29, 1.82) is 0 Å². The minimum Gasteiger partial charge on any atom is -0.462 e. The Morgan fingerprint density at radius 1 is 1.05 bits per heavy atom. The maximum Gasteiger partial charge on any atom is 0.333 e. The molecule has 0 aromatic heterocycles. The van der Waals surface area contributed by atoms with Gasteiger partial charge in [0.15, 0.2) is 0 Å². The van der Waals surface area contributed by atoms with Gasteiger partial charge in [0.1, 0.15) is 0 Å². The summed E-state index contributed by atoms with van der Waals surface area (Å²) in [5.74, 6) is 0.219. The highest BCUT2D eigenvalue weighted by molar-refractivity contribution is 8.21. The van der Waals surface area contributed by atoms with E-state index in [-0.39, 0.29) is 5.97 Å². The van der Waals surface area contributed by atoms with Gasteiger partial charge in [-0.3, -0.25) is 12.5 Å². The van der Waals surface area contributed by atoms with Gasteiger partial charge in [0, 0.05) is 11.3 Å². The summed E-state index contributed by atoms with van der Waals surface area (Å²) in [7, 11) is -1.98. The van der Waals surface area contributed by atoms with Crippen molar-refractivity contribution in [2.24, 2.45) is 0 Å². The van der Waals surface area contributed by atoms with Gasteiger partial charge in [-0.1, -0.05) is 6.58 Å². The van der Waals surface area contributed by atoms with E-state index in [1.807, 2.05) is 20.8 Å². The molecule has 0 aliphatic heterocycles. The van der Waals surface area contributed by atoms with Crippen LogP contribution in [-0.4, -0.2) is 38.1 Å². The summed E-state index contributed by atoms with van der Waals surface area (Å²) in [5.41, 5.74) is 0.401. The van der Waals surface area contributed by atoms with Crippen LogP contribution in [0.3, 0.4) is 0 Å². The zero-order valence-corrected chi connectivity index (χ0v) is 13.2. The summed E-state index contributed by atoms with van der Waals surface area (Å²) in [6, 6.07) is 0. The Labute approximate surface area is 118 Å². The lowest BCUT2D eigenvalue weighted by molar-refractivity contribution is -0.138. The molecule has 0 aromatic rings. The second-order valence-electron chi connectivity index (χ2n) is 3.75. The smallest absolute Gasteiger partial charge is 0.333 e. The van der Waals surface area contributed by atoms with Crippen LogP contribution >= 0.6 is 10.9 Å². The van der Waals surface area contributed by atoms with Crippen LogP contribution in [0.4, 0.5) is 0 Å². The van der Waals surface area contributed by atoms with Crippen molar-refractivity contribution in [2.45, 2.75) is 34.1 Å². The molecule has 0 atom stereocenters. The first-order valence-corrected chi connectivity index (χ1v) is 8.15. The molecule has 0 unspecified atom stereocenters. The van der Waals surface area contributed by atoms with Crippen LogP contribution < -0.4 is 0 Å². The van der Waals surface area contributed by atoms with Gasteiger partial charge in [-0.2, -0.15) is 0 Å². The van der Waals surface area contributed by atoms with E-state index in [4.69, 9.17) is 17.3 Å². The average Bonchev–Trinajstić information content (AvgIpc) is 2.35. The minimum atomic E-state index is -1.98. The quantitative estimate of drug-likeness (QED) is 0.333. The summed E-state index contributed by atoms with van der Waals surface area (Å²) in [6.07, 6.45) is 0.633. The van der Waals surface area contributed by atoms with Crippen LogP contribution in [0.2, 0.25) is 0 Å².